The lowest BCUT2D eigenvalue weighted by Crippen LogP contribution is -2.25. The SMILES string of the molecule is C=CC[C@@H](C(C)C)C(C)(C)C=C. The Balaban J connectivity index is 4.48. The van der Waals surface area contributed by atoms with Crippen molar-refractivity contribution in [1.82, 2.24) is 0 Å². The van der Waals surface area contributed by atoms with Crippen LogP contribution in [0.2, 0.25) is 0 Å². The molecule has 0 amide bonds. The fourth-order valence-corrected chi connectivity index (χ4v) is 1.77. The van der Waals surface area contributed by atoms with E-state index in [-0.39, 0.29) is 5.41 Å². The fraction of sp³-hybridized carbons (Fsp3) is 0.667. The molecular weight excluding hydrogens is 144 g/mol. The van der Waals surface area contributed by atoms with Crippen LogP contribution in [0.3, 0.4) is 0 Å². The molecule has 0 aromatic heterocycles. The van der Waals surface area contributed by atoms with Crippen LogP contribution in [0.1, 0.15) is 34.1 Å². The molecule has 0 unspecified atom stereocenters. The van der Waals surface area contributed by atoms with E-state index in [4.69, 9.17) is 0 Å². The molecule has 0 saturated heterocycles. The number of hydrogen-bond donors (Lipinski definition) is 0. The maximum absolute atomic E-state index is 3.88. The standard InChI is InChI=1S/C12H22/c1-7-9-11(10(3)4)12(5,6)8-2/h7-8,10-11H,1-2,9H2,3-6H3/t11-/m0/s1. The zero-order valence-electron chi connectivity index (χ0n) is 8.93. The Morgan fingerprint density at radius 2 is 1.75 bits per heavy atom. The van der Waals surface area contributed by atoms with Crippen molar-refractivity contribution in [3.63, 3.8) is 0 Å². The van der Waals surface area contributed by atoms with E-state index in [1.807, 2.05) is 6.08 Å². The molecule has 0 N–H and O–H groups in total. The van der Waals surface area contributed by atoms with Gasteiger partial charge in [0.2, 0.25) is 0 Å². The van der Waals surface area contributed by atoms with Crippen LogP contribution in [0.25, 0.3) is 0 Å². The Morgan fingerprint density at radius 1 is 1.25 bits per heavy atom. The zero-order chi connectivity index (χ0) is 9.78. The van der Waals surface area contributed by atoms with Crippen LogP contribution in [0.15, 0.2) is 25.3 Å². The summed E-state index contributed by atoms with van der Waals surface area (Å²) in [6.45, 7) is 16.7. The normalized spacial score (nSPS) is 14.4. The molecule has 0 aromatic rings. The Hall–Kier alpha value is -0.520. The van der Waals surface area contributed by atoms with Crippen LogP contribution >= 0.6 is 0 Å². The van der Waals surface area contributed by atoms with Gasteiger partial charge in [-0.15, -0.1) is 13.2 Å². The smallest absolute Gasteiger partial charge is 0.0144 e. The summed E-state index contributed by atoms with van der Waals surface area (Å²) in [6.07, 6.45) is 5.15. The van der Waals surface area contributed by atoms with Crippen molar-refractivity contribution in [2.75, 3.05) is 0 Å². The van der Waals surface area contributed by atoms with E-state index < -0.39 is 0 Å². The van der Waals surface area contributed by atoms with E-state index in [1.54, 1.807) is 0 Å². The molecule has 0 aliphatic rings. The first kappa shape index (κ1) is 11.5. The van der Waals surface area contributed by atoms with E-state index in [1.165, 1.54) is 0 Å². The zero-order valence-corrected chi connectivity index (χ0v) is 8.93. The first-order valence-electron chi connectivity index (χ1n) is 4.70. The largest absolute Gasteiger partial charge is 0.103 e. The van der Waals surface area contributed by atoms with Gasteiger partial charge in [0.25, 0.3) is 0 Å². The fourth-order valence-electron chi connectivity index (χ4n) is 1.77. The van der Waals surface area contributed by atoms with E-state index in [0.29, 0.717) is 11.8 Å². The minimum absolute atomic E-state index is 0.225. The summed E-state index contributed by atoms with van der Waals surface area (Å²) in [5.41, 5.74) is 0.225. The van der Waals surface area contributed by atoms with Gasteiger partial charge < -0.3 is 0 Å². The average molecular weight is 166 g/mol. The monoisotopic (exact) mass is 166 g/mol. The average Bonchev–Trinajstić information content (AvgIpc) is 1.99. The van der Waals surface area contributed by atoms with Crippen LogP contribution in [0, 0.1) is 17.3 Å². The molecule has 1 atom stereocenters. The van der Waals surface area contributed by atoms with Crippen molar-refractivity contribution in [2.24, 2.45) is 17.3 Å². The third-order valence-corrected chi connectivity index (χ3v) is 2.71. The quantitative estimate of drug-likeness (QED) is 0.541. The highest BCUT2D eigenvalue weighted by Gasteiger charge is 2.27. The second-order valence-corrected chi connectivity index (χ2v) is 4.40. The van der Waals surface area contributed by atoms with Crippen molar-refractivity contribution in [2.45, 2.75) is 34.1 Å². The Morgan fingerprint density at radius 3 is 2.00 bits per heavy atom. The van der Waals surface area contributed by atoms with Gasteiger partial charge in [0.05, 0.1) is 0 Å². The predicted octanol–water partition coefficient (Wildman–Crippen LogP) is 4.05. The molecule has 0 aromatic carbocycles. The molecule has 0 heterocycles. The second kappa shape index (κ2) is 4.49. The molecule has 0 nitrogen and oxygen atoms in total. The molecule has 0 rings (SSSR count). The van der Waals surface area contributed by atoms with Gasteiger partial charge in [0.1, 0.15) is 0 Å². The molecule has 70 valence electrons. The van der Waals surface area contributed by atoms with Gasteiger partial charge in [-0.1, -0.05) is 39.8 Å². The minimum atomic E-state index is 0.225. The van der Waals surface area contributed by atoms with Crippen LogP contribution in [0.5, 0.6) is 0 Å². The molecule has 0 bridgehead atoms. The van der Waals surface area contributed by atoms with Crippen LogP contribution in [0.4, 0.5) is 0 Å². The molecule has 0 aliphatic heterocycles. The van der Waals surface area contributed by atoms with Crippen molar-refractivity contribution in [3.05, 3.63) is 25.3 Å². The van der Waals surface area contributed by atoms with E-state index in [0.717, 1.165) is 6.42 Å². The van der Waals surface area contributed by atoms with Gasteiger partial charge in [-0.25, -0.2) is 0 Å². The molecule has 0 spiro atoms. The van der Waals surface area contributed by atoms with Gasteiger partial charge >= 0.3 is 0 Å². The third-order valence-electron chi connectivity index (χ3n) is 2.71. The topological polar surface area (TPSA) is 0 Å². The predicted molar refractivity (Wildman–Crippen MR) is 57.1 cm³/mol. The molecule has 0 aliphatic carbocycles. The maximum Gasteiger partial charge on any atom is -0.0144 e. The molecular formula is C12H22. The van der Waals surface area contributed by atoms with Gasteiger partial charge in [0, 0.05) is 0 Å². The summed E-state index contributed by atoms with van der Waals surface area (Å²) in [7, 11) is 0. The molecule has 0 saturated carbocycles. The van der Waals surface area contributed by atoms with Gasteiger partial charge in [0.15, 0.2) is 0 Å². The summed E-state index contributed by atoms with van der Waals surface area (Å²) < 4.78 is 0. The molecule has 0 heteroatoms. The summed E-state index contributed by atoms with van der Waals surface area (Å²) in [4.78, 5) is 0. The molecule has 0 fully saturated rings. The summed E-state index contributed by atoms with van der Waals surface area (Å²) in [6, 6.07) is 0. The minimum Gasteiger partial charge on any atom is -0.103 e. The van der Waals surface area contributed by atoms with Crippen molar-refractivity contribution in [1.29, 1.82) is 0 Å². The van der Waals surface area contributed by atoms with Crippen molar-refractivity contribution < 1.29 is 0 Å². The lowest BCUT2D eigenvalue weighted by molar-refractivity contribution is 0.214. The molecule has 0 radical (unpaired) electrons. The third kappa shape index (κ3) is 2.84. The van der Waals surface area contributed by atoms with Crippen molar-refractivity contribution in [3.8, 4) is 0 Å². The van der Waals surface area contributed by atoms with E-state index >= 15 is 0 Å². The Bertz CT molecular complexity index is 151. The maximum atomic E-state index is 3.88. The van der Waals surface area contributed by atoms with Gasteiger partial charge in [-0.2, -0.15) is 0 Å². The first-order chi connectivity index (χ1) is 5.45. The van der Waals surface area contributed by atoms with Crippen LogP contribution in [-0.4, -0.2) is 0 Å². The lowest BCUT2D eigenvalue weighted by atomic mass is 9.71. The number of hydrogen-bond acceptors (Lipinski definition) is 0. The van der Waals surface area contributed by atoms with Gasteiger partial charge in [-0.05, 0) is 23.7 Å². The highest BCUT2D eigenvalue weighted by molar-refractivity contribution is 4.96. The lowest BCUT2D eigenvalue weighted by Gasteiger charge is -2.34. The highest BCUT2D eigenvalue weighted by Crippen LogP contribution is 2.36. The van der Waals surface area contributed by atoms with Gasteiger partial charge in [-0.3, -0.25) is 0 Å². The highest BCUT2D eigenvalue weighted by atomic mass is 14.3. The summed E-state index contributed by atoms with van der Waals surface area (Å²) in [5.74, 6) is 1.35. The molecule has 12 heavy (non-hydrogen) atoms. The first-order valence-corrected chi connectivity index (χ1v) is 4.70. The van der Waals surface area contributed by atoms with Crippen LogP contribution in [-0.2, 0) is 0 Å². The van der Waals surface area contributed by atoms with E-state index in [2.05, 4.69) is 46.9 Å². The second-order valence-electron chi connectivity index (χ2n) is 4.40. The number of allylic oxidation sites excluding steroid dienone is 2. The summed E-state index contributed by atoms with van der Waals surface area (Å²) in [5, 5.41) is 0. The number of rotatable bonds is 5. The van der Waals surface area contributed by atoms with E-state index in [9.17, 15) is 0 Å². The Labute approximate surface area is 77.4 Å². The summed E-state index contributed by atoms with van der Waals surface area (Å²) >= 11 is 0. The Kier molecular flexibility index (Phi) is 4.30. The van der Waals surface area contributed by atoms with Crippen LogP contribution < -0.4 is 0 Å². The van der Waals surface area contributed by atoms with Crippen molar-refractivity contribution >= 4 is 0 Å².